The normalized spacial score (nSPS) is 10.6. The maximum Gasteiger partial charge on any atom is 0.361 e. The zero-order chi connectivity index (χ0) is 17.1. The van der Waals surface area contributed by atoms with Crippen LogP contribution in [0.5, 0.6) is 0 Å². The van der Waals surface area contributed by atoms with Crippen LogP contribution in [0.25, 0.3) is 5.69 Å². The molecule has 0 fully saturated rings. The highest BCUT2D eigenvalue weighted by Gasteiger charge is 2.19. The first-order valence-electron chi connectivity index (χ1n) is 7.46. The smallest absolute Gasteiger partial charge is 0.361 e. The Labute approximate surface area is 148 Å². The molecule has 0 radical (unpaired) electrons. The lowest BCUT2D eigenvalue weighted by atomic mass is 10.1. The van der Waals surface area contributed by atoms with Crippen molar-refractivity contribution in [3.63, 3.8) is 0 Å². The van der Waals surface area contributed by atoms with E-state index in [0.29, 0.717) is 5.69 Å². The molecule has 0 saturated heterocycles. The second kappa shape index (κ2) is 6.97. The van der Waals surface area contributed by atoms with Gasteiger partial charge in [-0.3, -0.25) is 0 Å². The van der Waals surface area contributed by atoms with E-state index in [1.165, 1.54) is 0 Å². The minimum absolute atomic E-state index is 0.215. The van der Waals surface area contributed by atoms with E-state index in [1.54, 1.807) is 11.6 Å². The molecule has 24 heavy (non-hydrogen) atoms. The predicted octanol–water partition coefficient (Wildman–Crippen LogP) is 4.00. The first-order chi connectivity index (χ1) is 11.6. The summed E-state index contributed by atoms with van der Waals surface area (Å²) in [5.74, 6) is -0.478. The van der Waals surface area contributed by atoms with Crippen LogP contribution in [0, 0.1) is 13.8 Å². The van der Waals surface area contributed by atoms with E-state index in [-0.39, 0.29) is 12.3 Å². The summed E-state index contributed by atoms with van der Waals surface area (Å²) < 4.78 is 7.88. The van der Waals surface area contributed by atoms with Crippen molar-refractivity contribution in [2.24, 2.45) is 0 Å². The standard InChI is InChI=1S/C18H16BrN3O2/c1-12-7-3-4-8-14(12)11-24-18(23)17-13(2)22(21-20-17)16-10-6-5-9-15(16)19/h3-10H,11H2,1-2H3. The lowest BCUT2D eigenvalue weighted by Gasteiger charge is -2.07. The molecule has 1 aromatic heterocycles. The molecule has 3 aromatic rings. The van der Waals surface area contributed by atoms with Gasteiger partial charge >= 0.3 is 5.97 Å². The van der Waals surface area contributed by atoms with Gasteiger partial charge in [0.05, 0.1) is 11.4 Å². The van der Waals surface area contributed by atoms with Gasteiger partial charge in [-0.15, -0.1) is 5.10 Å². The topological polar surface area (TPSA) is 57.0 Å². The van der Waals surface area contributed by atoms with Gasteiger partial charge < -0.3 is 4.74 Å². The number of para-hydroxylation sites is 1. The molecule has 0 aliphatic rings. The van der Waals surface area contributed by atoms with Crippen molar-refractivity contribution in [1.82, 2.24) is 15.0 Å². The maximum absolute atomic E-state index is 12.3. The number of hydrogen-bond acceptors (Lipinski definition) is 4. The Morgan fingerprint density at radius 3 is 2.58 bits per heavy atom. The van der Waals surface area contributed by atoms with Crippen molar-refractivity contribution in [2.45, 2.75) is 20.5 Å². The van der Waals surface area contributed by atoms with E-state index in [1.807, 2.05) is 55.5 Å². The number of aryl methyl sites for hydroxylation is 1. The summed E-state index contributed by atoms with van der Waals surface area (Å²) in [6, 6.07) is 15.4. The Bertz CT molecular complexity index is 889. The number of nitrogens with zero attached hydrogens (tertiary/aromatic N) is 3. The summed E-state index contributed by atoms with van der Waals surface area (Å²) >= 11 is 3.48. The summed E-state index contributed by atoms with van der Waals surface area (Å²) in [6.45, 7) is 3.99. The summed E-state index contributed by atoms with van der Waals surface area (Å²) in [7, 11) is 0. The van der Waals surface area contributed by atoms with Gasteiger partial charge in [0.2, 0.25) is 0 Å². The lowest BCUT2D eigenvalue weighted by Crippen LogP contribution is -2.09. The van der Waals surface area contributed by atoms with Gasteiger partial charge in [-0.1, -0.05) is 41.6 Å². The summed E-state index contributed by atoms with van der Waals surface area (Å²) in [5.41, 5.74) is 3.73. The number of esters is 1. The average molecular weight is 386 g/mol. The molecule has 0 spiro atoms. The van der Waals surface area contributed by atoms with Crippen molar-refractivity contribution in [3.8, 4) is 5.69 Å². The van der Waals surface area contributed by atoms with Crippen LogP contribution in [0.15, 0.2) is 53.0 Å². The highest BCUT2D eigenvalue weighted by atomic mass is 79.9. The van der Waals surface area contributed by atoms with Gasteiger partial charge in [0.1, 0.15) is 6.61 Å². The molecule has 0 atom stereocenters. The Hall–Kier alpha value is -2.47. The zero-order valence-electron chi connectivity index (χ0n) is 13.4. The molecule has 5 nitrogen and oxygen atoms in total. The first kappa shape index (κ1) is 16.4. The minimum atomic E-state index is -0.478. The van der Waals surface area contributed by atoms with E-state index in [4.69, 9.17) is 4.74 Å². The number of benzene rings is 2. The number of aromatic nitrogens is 3. The number of hydrogen-bond donors (Lipinski definition) is 0. The largest absolute Gasteiger partial charge is 0.456 e. The van der Waals surface area contributed by atoms with E-state index < -0.39 is 5.97 Å². The Balaban J connectivity index is 1.80. The lowest BCUT2D eigenvalue weighted by molar-refractivity contribution is 0.0464. The number of rotatable bonds is 4. The fourth-order valence-corrected chi connectivity index (χ4v) is 2.81. The van der Waals surface area contributed by atoms with Crippen LogP contribution in [0.4, 0.5) is 0 Å². The van der Waals surface area contributed by atoms with Gasteiger partial charge in [-0.2, -0.15) is 0 Å². The Morgan fingerprint density at radius 1 is 1.12 bits per heavy atom. The zero-order valence-corrected chi connectivity index (χ0v) is 14.9. The van der Waals surface area contributed by atoms with Gasteiger partial charge in [0.25, 0.3) is 0 Å². The molecule has 0 bridgehead atoms. The average Bonchev–Trinajstić information content (AvgIpc) is 2.96. The molecule has 0 aliphatic carbocycles. The molecule has 3 rings (SSSR count). The van der Waals surface area contributed by atoms with Crippen LogP contribution in [-0.2, 0) is 11.3 Å². The molecule has 122 valence electrons. The van der Waals surface area contributed by atoms with Crippen molar-refractivity contribution >= 4 is 21.9 Å². The van der Waals surface area contributed by atoms with E-state index in [2.05, 4.69) is 26.2 Å². The fourth-order valence-electron chi connectivity index (χ4n) is 2.35. The highest BCUT2D eigenvalue weighted by Crippen LogP contribution is 2.22. The highest BCUT2D eigenvalue weighted by molar-refractivity contribution is 9.10. The quantitative estimate of drug-likeness (QED) is 0.636. The molecule has 0 N–H and O–H groups in total. The number of carbonyl (C=O) groups is 1. The monoisotopic (exact) mass is 385 g/mol. The Morgan fingerprint density at radius 2 is 1.83 bits per heavy atom. The second-order valence-electron chi connectivity index (χ2n) is 5.39. The third kappa shape index (κ3) is 3.23. The van der Waals surface area contributed by atoms with Crippen molar-refractivity contribution < 1.29 is 9.53 Å². The van der Waals surface area contributed by atoms with Crippen LogP contribution in [-0.4, -0.2) is 21.0 Å². The molecular formula is C18H16BrN3O2. The minimum Gasteiger partial charge on any atom is -0.456 e. The SMILES string of the molecule is Cc1ccccc1COC(=O)c1nnn(-c2ccccc2Br)c1C. The molecular weight excluding hydrogens is 370 g/mol. The molecule has 2 aromatic carbocycles. The summed E-state index contributed by atoms with van der Waals surface area (Å²) in [6.07, 6.45) is 0. The van der Waals surface area contributed by atoms with E-state index >= 15 is 0 Å². The molecule has 1 heterocycles. The van der Waals surface area contributed by atoms with Gasteiger partial charge in [-0.05, 0) is 53.0 Å². The van der Waals surface area contributed by atoms with Crippen molar-refractivity contribution in [1.29, 1.82) is 0 Å². The second-order valence-corrected chi connectivity index (χ2v) is 6.24. The maximum atomic E-state index is 12.3. The third-order valence-electron chi connectivity index (χ3n) is 3.79. The Kier molecular flexibility index (Phi) is 4.76. The molecule has 0 saturated carbocycles. The van der Waals surface area contributed by atoms with Crippen LogP contribution < -0.4 is 0 Å². The van der Waals surface area contributed by atoms with Crippen LogP contribution >= 0.6 is 15.9 Å². The van der Waals surface area contributed by atoms with Crippen LogP contribution in [0.3, 0.4) is 0 Å². The summed E-state index contributed by atoms with van der Waals surface area (Å²) in [4.78, 5) is 12.3. The fraction of sp³-hybridized carbons (Fsp3) is 0.167. The van der Waals surface area contributed by atoms with Crippen LogP contribution in [0.1, 0.15) is 27.3 Å². The van der Waals surface area contributed by atoms with Gasteiger partial charge in [0.15, 0.2) is 5.69 Å². The summed E-state index contributed by atoms with van der Waals surface area (Å²) in [5, 5.41) is 8.06. The van der Waals surface area contributed by atoms with E-state index in [9.17, 15) is 4.79 Å². The van der Waals surface area contributed by atoms with E-state index in [0.717, 1.165) is 21.3 Å². The van der Waals surface area contributed by atoms with Gasteiger partial charge in [-0.25, -0.2) is 9.48 Å². The number of halogens is 1. The molecule has 6 heteroatoms. The number of carbonyl (C=O) groups excluding carboxylic acids is 1. The van der Waals surface area contributed by atoms with Crippen molar-refractivity contribution in [3.05, 3.63) is 75.5 Å². The van der Waals surface area contributed by atoms with Crippen molar-refractivity contribution in [2.75, 3.05) is 0 Å². The molecule has 0 aliphatic heterocycles. The predicted molar refractivity (Wildman–Crippen MR) is 94.1 cm³/mol. The third-order valence-corrected chi connectivity index (χ3v) is 4.46. The van der Waals surface area contributed by atoms with Crippen LogP contribution in [0.2, 0.25) is 0 Å². The number of ether oxygens (including phenoxy) is 1. The molecule has 0 amide bonds. The first-order valence-corrected chi connectivity index (χ1v) is 8.26. The molecule has 0 unspecified atom stereocenters. The van der Waals surface area contributed by atoms with Gasteiger partial charge in [0, 0.05) is 4.47 Å².